The van der Waals surface area contributed by atoms with Crippen molar-refractivity contribution in [2.45, 2.75) is 36.8 Å². The first-order valence-corrected chi connectivity index (χ1v) is 11.5. The summed E-state index contributed by atoms with van der Waals surface area (Å²) < 4.78 is 5.73. The van der Waals surface area contributed by atoms with Gasteiger partial charge >= 0.3 is 29.6 Å². The van der Waals surface area contributed by atoms with E-state index in [-0.39, 0.29) is 57.9 Å². The van der Waals surface area contributed by atoms with Crippen molar-refractivity contribution >= 4 is 51.7 Å². The minimum Gasteiger partial charge on any atom is -0.543 e. The number of nitrogens with one attached hydrogen (secondary N) is 1. The van der Waals surface area contributed by atoms with Crippen LogP contribution >= 0.6 is 23.1 Å². The molecule has 1 aromatic rings. The Bertz CT molecular complexity index is 977. The number of anilines is 1. The Balaban J connectivity index is 0.00000289. The number of carboxylic acid groups (broad SMARTS) is 1. The van der Waals surface area contributed by atoms with Crippen LogP contribution in [0.5, 0.6) is 0 Å². The third-order valence-electron chi connectivity index (χ3n) is 5.21. The summed E-state index contributed by atoms with van der Waals surface area (Å²) in [5.41, 5.74) is 6.11. The number of amides is 2. The van der Waals surface area contributed by atoms with E-state index in [0.29, 0.717) is 24.4 Å². The number of nitrogens with zero attached hydrogens (tertiary/aromatic N) is 3. The fraction of sp³-hybridized carbons (Fsp3) is 0.500. The molecule has 4 heterocycles. The predicted molar refractivity (Wildman–Crippen MR) is 111 cm³/mol. The number of rotatable bonds is 6. The van der Waals surface area contributed by atoms with Gasteiger partial charge in [0.05, 0.1) is 17.8 Å². The summed E-state index contributed by atoms with van der Waals surface area (Å²) in [4.78, 5) is 47.4. The number of thiazole rings is 1. The Morgan fingerprint density at radius 3 is 2.81 bits per heavy atom. The average molecular weight is 490 g/mol. The van der Waals surface area contributed by atoms with E-state index < -0.39 is 29.2 Å². The number of ether oxygens (including phenoxy) is 1. The molecule has 2 amide bonds. The zero-order chi connectivity index (χ0) is 22.1. The molecule has 3 atom stereocenters. The zero-order valence-electron chi connectivity index (χ0n) is 17.5. The van der Waals surface area contributed by atoms with E-state index in [4.69, 9.17) is 15.3 Å². The van der Waals surface area contributed by atoms with Gasteiger partial charge < -0.3 is 30.5 Å². The Hall–Kier alpha value is -1.64. The molecule has 2 saturated heterocycles. The number of oxime groups is 1. The standard InChI is InChI=1S/C18H21N5O6S2.Na/c1-28-22-11(9-7-31-18(19)20-9)14(24)21-12-15(25)23-13(17(26)27)8(6-30-16(12)23)10-4-2-3-5-29-10;/h7,10,12,16H,2-6H2,1H3,(H2,19,20)(H,21,24)(H,26,27);/q;+1/p-1/b22-11-;/t10?,12-,16-;/m1./s1. The number of nitrogen functional groups attached to an aromatic ring is 1. The molecule has 0 saturated carbocycles. The number of aromatic nitrogens is 1. The fourth-order valence-electron chi connectivity index (χ4n) is 3.80. The molecule has 11 nitrogen and oxygen atoms in total. The van der Waals surface area contributed by atoms with Crippen LogP contribution in [0.2, 0.25) is 0 Å². The van der Waals surface area contributed by atoms with Gasteiger partial charge in [0.1, 0.15) is 24.2 Å². The van der Waals surface area contributed by atoms with E-state index in [1.807, 2.05) is 0 Å². The van der Waals surface area contributed by atoms with E-state index in [0.717, 1.165) is 24.2 Å². The number of hydrogen-bond acceptors (Lipinski definition) is 11. The predicted octanol–water partition coefficient (Wildman–Crippen LogP) is -3.95. The largest absolute Gasteiger partial charge is 1.00 e. The molecule has 1 aromatic heterocycles. The first kappa shape index (κ1) is 25.0. The molecule has 14 heteroatoms. The van der Waals surface area contributed by atoms with Crippen LogP contribution in [-0.4, -0.2) is 70.4 Å². The summed E-state index contributed by atoms with van der Waals surface area (Å²) in [6.07, 6.45) is 2.21. The van der Waals surface area contributed by atoms with Gasteiger partial charge in [0.15, 0.2) is 10.8 Å². The van der Waals surface area contributed by atoms with Gasteiger partial charge in [-0.25, -0.2) is 4.98 Å². The minimum atomic E-state index is -1.42. The van der Waals surface area contributed by atoms with Crippen molar-refractivity contribution in [3.63, 3.8) is 0 Å². The van der Waals surface area contributed by atoms with Gasteiger partial charge in [-0.1, -0.05) is 5.16 Å². The van der Waals surface area contributed by atoms with Crippen LogP contribution in [0.1, 0.15) is 25.0 Å². The molecule has 0 spiro atoms. The van der Waals surface area contributed by atoms with Gasteiger partial charge in [-0.05, 0) is 24.8 Å². The summed E-state index contributed by atoms with van der Waals surface area (Å²) in [6, 6.07) is -0.918. The molecule has 0 aliphatic carbocycles. The van der Waals surface area contributed by atoms with Crippen LogP contribution in [-0.2, 0) is 24.0 Å². The van der Waals surface area contributed by atoms with Gasteiger partial charge in [-0.15, -0.1) is 23.1 Å². The zero-order valence-corrected chi connectivity index (χ0v) is 21.2. The SMILES string of the molecule is CO/N=C(\C(=O)N[C@@H]1C(=O)N2C(C(=O)[O-])=C(C3CCCCO3)CS[C@H]12)c1csc(N)n1.[Na+]. The molecule has 4 rings (SSSR count). The Kier molecular flexibility index (Phi) is 8.22. The summed E-state index contributed by atoms with van der Waals surface area (Å²) in [5, 5.41) is 19.4. The smallest absolute Gasteiger partial charge is 0.543 e. The normalized spacial score (nSPS) is 25.4. The van der Waals surface area contributed by atoms with Crippen molar-refractivity contribution in [2.75, 3.05) is 25.2 Å². The second-order valence-electron chi connectivity index (χ2n) is 7.07. The van der Waals surface area contributed by atoms with Crippen LogP contribution in [0.3, 0.4) is 0 Å². The first-order valence-electron chi connectivity index (χ1n) is 9.56. The van der Waals surface area contributed by atoms with E-state index >= 15 is 0 Å². The number of carboxylic acids is 1. The summed E-state index contributed by atoms with van der Waals surface area (Å²) in [5.74, 6) is -2.26. The van der Waals surface area contributed by atoms with E-state index in [1.165, 1.54) is 23.8 Å². The Labute approximate surface area is 214 Å². The number of β-lactam (4-membered cyclic amide) rings is 1. The molecule has 0 bridgehead atoms. The number of fused-ring (bicyclic) bond motifs is 1. The molecule has 1 unspecified atom stereocenters. The van der Waals surface area contributed by atoms with E-state index in [2.05, 4.69) is 15.5 Å². The summed E-state index contributed by atoms with van der Waals surface area (Å²) in [6.45, 7) is 0.554. The van der Waals surface area contributed by atoms with Crippen molar-refractivity contribution < 1.29 is 58.6 Å². The van der Waals surface area contributed by atoms with Crippen LogP contribution in [0.4, 0.5) is 5.13 Å². The molecule has 0 radical (unpaired) electrons. The number of aliphatic carboxylic acids is 1. The van der Waals surface area contributed by atoms with Crippen LogP contribution in [0, 0.1) is 0 Å². The second kappa shape index (κ2) is 10.5. The molecule has 3 aliphatic heterocycles. The minimum absolute atomic E-state index is 0. The van der Waals surface area contributed by atoms with Crippen LogP contribution < -0.4 is 45.7 Å². The number of hydrogen-bond donors (Lipinski definition) is 2. The van der Waals surface area contributed by atoms with Crippen molar-refractivity contribution in [1.82, 2.24) is 15.2 Å². The van der Waals surface area contributed by atoms with E-state index in [9.17, 15) is 19.5 Å². The van der Waals surface area contributed by atoms with Crippen molar-refractivity contribution in [2.24, 2.45) is 5.16 Å². The summed E-state index contributed by atoms with van der Waals surface area (Å²) >= 11 is 2.50. The maximum Gasteiger partial charge on any atom is 1.00 e. The number of carbonyl (C=O) groups is 3. The number of nitrogens with two attached hydrogens (primary N) is 1. The quantitative estimate of drug-likeness (QED) is 0.176. The molecule has 0 aromatic carbocycles. The molecule has 3 N–H and O–H groups in total. The Morgan fingerprint density at radius 1 is 1.44 bits per heavy atom. The monoisotopic (exact) mass is 489 g/mol. The number of carbonyl (C=O) groups excluding carboxylic acids is 3. The number of thioether (sulfide) groups is 1. The van der Waals surface area contributed by atoms with E-state index in [1.54, 1.807) is 5.38 Å². The molecule has 166 valence electrons. The molecule has 2 fully saturated rings. The van der Waals surface area contributed by atoms with Gasteiger partial charge in [0.2, 0.25) is 0 Å². The first-order chi connectivity index (χ1) is 14.9. The third kappa shape index (κ3) is 4.68. The molecule has 3 aliphatic rings. The van der Waals surface area contributed by atoms with Crippen LogP contribution in [0.25, 0.3) is 0 Å². The van der Waals surface area contributed by atoms with Crippen molar-refractivity contribution in [3.8, 4) is 0 Å². The molecular formula is C18H20N5NaO6S2. The average Bonchev–Trinajstić information content (AvgIpc) is 3.20. The van der Waals surface area contributed by atoms with Gasteiger partial charge in [-0.3, -0.25) is 14.5 Å². The summed E-state index contributed by atoms with van der Waals surface area (Å²) in [7, 11) is 1.28. The second-order valence-corrected chi connectivity index (χ2v) is 9.07. The molecule has 32 heavy (non-hydrogen) atoms. The van der Waals surface area contributed by atoms with Gasteiger partial charge in [-0.2, -0.15) is 0 Å². The van der Waals surface area contributed by atoms with Gasteiger partial charge in [0, 0.05) is 17.7 Å². The fourth-order valence-corrected chi connectivity index (χ4v) is 5.75. The molecular weight excluding hydrogens is 469 g/mol. The third-order valence-corrected chi connectivity index (χ3v) is 7.18. The maximum absolute atomic E-state index is 12.8. The topological polar surface area (TPSA) is 159 Å². The maximum atomic E-state index is 12.8. The van der Waals surface area contributed by atoms with Gasteiger partial charge in [0.25, 0.3) is 11.8 Å². The van der Waals surface area contributed by atoms with Crippen molar-refractivity contribution in [3.05, 3.63) is 22.3 Å². The van der Waals surface area contributed by atoms with Crippen molar-refractivity contribution in [1.29, 1.82) is 0 Å². The Morgan fingerprint density at radius 2 is 2.22 bits per heavy atom. The van der Waals surface area contributed by atoms with Crippen LogP contribution in [0.15, 0.2) is 21.8 Å².